The molecule has 2 aromatic rings. The minimum absolute atomic E-state index is 0.0333. The molecule has 0 aromatic heterocycles. The van der Waals surface area contributed by atoms with E-state index in [0.29, 0.717) is 29.1 Å². The fourth-order valence-electron chi connectivity index (χ4n) is 5.63. The van der Waals surface area contributed by atoms with Gasteiger partial charge in [0.05, 0.1) is 21.3 Å². The Morgan fingerprint density at radius 2 is 1.76 bits per heavy atom. The zero-order valence-corrected chi connectivity index (χ0v) is 20.3. The molecular weight excluding hydrogens is 460 g/mol. The Morgan fingerprint density at radius 1 is 0.939 bits per heavy atom. The van der Waals surface area contributed by atoms with Crippen LogP contribution in [0.15, 0.2) is 36.4 Å². The number of carbonyl (C=O) groups excluding carboxylic acids is 1. The summed E-state index contributed by atoms with van der Waals surface area (Å²) in [4.78, 5) is 20.2. The van der Waals surface area contributed by atoms with Crippen molar-refractivity contribution in [3.8, 4) is 0 Å². The number of fused-ring (bicyclic) bond motifs is 1. The number of carbonyl (C=O) groups is 1. The lowest BCUT2D eigenvalue weighted by Crippen LogP contribution is -2.57. The molecule has 2 atom stereocenters. The lowest BCUT2D eigenvalue weighted by atomic mass is 9.86. The Hall–Kier alpha value is -1.82. The second-order valence-electron chi connectivity index (χ2n) is 9.53. The molecule has 1 amide bonds. The molecule has 0 saturated carbocycles. The molecule has 4 nitrogen and oxygen atoms in total. The lowest BCUT2D eigenvalue weighted by Gasteiger charge is -2.46. The van der Waals surface area contributed by atoms with Gasteiger partial charge in [0, 0.05) is 45.3 Å². The third-order valence-electron chi connectivity index (χ3n) is 7.52. The molecule has 3 heterocycles. The number of rotatable bonds is 3. The van der Waals surface area contributed by atoms with Gasteiger partial charge in [-0.2, -0.15) is 0 Å². The minimum atomic E-state index is -0.371. The Morgan fingerprint density at radius 3 is 2.55 bits per heavy atom. The number of piperidine rings is 2. The van der Waals surface area contributed by atoms with Crippen LogP contribution >= 0.6 is 23.2 Å². The van der Waals surface area contributed by atoms with Gasteiger partial charge >= 0.3 is 0 Å². The molecule has 176 valence electrons. The molecule has 5 rings (SSSR count). The van der Waals surface area contributed by atoms with E-state index in [0.717, 1.165) is 56.8 Å². The van der Waals surface area contributed by atoms with Crippen molar-refractivity contribution in [1.82, 2.24) is 9.80 Å². The second kappa shape index (κ2) is 9.81. The summed E-state index contributed by atoms with van der Waals surface area (Å²) >= 11 is 12.8. The van der Waals surface area contributed by atoms with Gasteiger partial charge in [0.1, 0.15) is 5.82 Å². The van der Waals surface area contributed by atoms with E-state index in [4.69, 9.17) is 23.2 Å². The minimum Gasteiger partial charge on any atom is -0.370 e. The first-order valence-corrected chi connectivity index (χ1v) is 12.8. The number of halogens is 3. The summed E-state index contributed by atoms with van der Waals surface area (Å²) in [6, 6.07) is 11.3. The summed E-state index contributed by atoms with van der Waals surface area (Å²) in [6.07, 6.45) is 5.61. The Bertz CT molecular complexity index is 1030. The van der Waals surface area contributed by atoms with Crippen LogP contribution in [-0.4, -0.2) is 61.0 Å². The monoisotopic (exact) mass is 489 g/mol. The van der Waals surface area contributed by atoms with Crippen molar-refractivity contribution < 1.29 is 9.18 Å². The number of hydrogen-bond donors (Lipinski definition) is 0. The van der Waals surface area contributed by atoms with Gasteiger partial charge < -0.3 is 9.80 Å². The number of anilines is 1. The first-order valence-electron chi connectivity index (χ1n) is 12.0. The third-order valence-corrected chi connectivity index (χ3v) is 8.20. The molecule has 7 heteroatoms. The second-order valence-corrected chi connectivity index (χ2v) is 10.3. The van der Waals surface area contributed by atoms with E-state index in [2.05, 4.69) is 9.80 Å². The first-order chi connectivity index (χ1) is 16.0. The van der Waals surface area contributed by atoms with Crippen molar-refractivity contribution >= 4 is 34.8 Å². The predicted molar refractivity (Wildman–Crippen MR) is 132 cm³/mol. The van der Waals surface area contributed by atoms with Crippen molar-refractivity contribution in [2.24, 2.45) is 0 Å². The molecular formula is C26H30Cl2FN3O. The molecule has 0 radical (unpaired) electrons. The van der Waals surface area contributed by atoms with Crippen LogP contribution in [0.25, 0.3) is 0 Å². The van der Waals surface area contributed by atoms with Crippen LogP contribution in [0.2, 0.25) is 10.0 Å². The molecule has 2 aromatic carbocycles. The summed E-state index contributed by atoms with van der Waals surface area (Å²) in [5.41, 5.74) is 2.70. The molecule has 33 heavy (non-hydrogen) atoms. The first kappa shape index (κ1) is 22.9. The Kier molecular flexibility index (Phi) is 6.82. The normalized spacial score (nSPS) is 24.0. The van der Waals surface area contributed by atoms with Gasteiger partial charge in [-0.25, -0.2) is 4.39 Å². The van der Waals surface area contributed by atoms with Gasteiger partial charge in [-0.05, 0) is 67.9 Å². The number of piperazine rings is 1. The van der Waals surface area contributed by atoms with Crippen LogP contribution < -0.4 is 4.90 Å². The number of amides is 1. The summed E-state index contributed by atoms with van der Waals surface area (Å²) < 4.78 is 13.6. The molecule has 3 aliphatic rings. The molecule has 0 aliphatic carbocycles. The fraction of sp³-hybridized carbons (Fsp3) is 0.500. The van der Waals surface area contributed by atoms with Crippen LogP contribution in [0.1, 0.15) is 53.9 Å². The van der Waals surface area contributed by atoms with Gasteiger partial charge in [0.25, 0.3) is 5.91 Å². The van der Waals surface area contributed by atoms with E-state index in [1.807, 2.05) is 29.2 Å². The smallest absolute Gasteiger partial charge is 0.255 e. The molecule has 2 unspecified atom stereocenters. The summed E-state index contributed by atoms with van der Waals surface area (Å²) in [7, 11) is 0. The quantitative estimate of drug-likeness (QED) is 0.542. The van der Waals surface area contributed by atoms with Crippen molar-refractivity contribution in [3.63, 3.8) is 0 Å². The van der Waals surface area contributed by atoms with Crippen LogP contribution in [-0.2, 0) is 0 Å². The van der Waals surface area contributed by atoms with E-state index in [1.165, 1.54) is 25.3 Å². The number of benzene rings is 2. The SMILES string of the molecule is O=C(c1cccc(N2CCCCC2)c1Cl)N1CCN2CC(c3ccc(F)c(Cl)c3)CCC2C1. The van der Waals surface area contributed by atoms with Gasteiger partial charge in [-0.1, -0.05) is 35.3 Å². The molecule has 0 N–H and O–H groups in total. The highest BCUT2D eigenvalue weighted by atomic mass is 35.5. The van der Waals surface area contributed by atoms with Crippen molar-refractivity contribution in [2.45, 2.75) is 44.1 Å². The summed E-state index contributed by atoms with van der Waals surface area (Å²) in [5, 5.41) is 0.775. The zero-order valence-electron chi connectivity index (χ0n) is 18.8. The van der Waals surface area contributed by atoms with Crippen LogP contribution in [0.4, 0.5) is 10.1 Å². The summed E-state index contributed by atoms with van der Waals surface area (Å²) in [6.45, 7) is 5.17. The highest BCUT2D eigenvalue weighted by Crippen LogP contribution is 2.35. The summed E-state index contributed by atoms with van der Waals surface area (Å²) in [5.74, 6) is 0.00691. The van der Waals surface area contributed by atoms with E-state index in [9.17, 15) is 9.18 Å². The van der Waals surface area contributed by atoms with E-state index in [1.54, 1.807) is 6.07 Å². The topological polar surface area (TPSA) is 26.8 Å². The average molecular weight is 490 g/mol. The number of hydrogen-bond acceptors (Lipinski definition) is 3. The largest absolute Gasteiger partial charge is 0.370 e. The molecule has 0 bridgehead atoms. The van der Waals surface area contributed by atoms with E-state index >= 15 is 0 Å². The van der Waals surface area contributed by atoms with Crippen molar-refractivity contribution in [1.29, 1.82) is 0 Å². The van der Waals surface area contributed by atoms with E-state index < -0.39 is 0 Å². The third kappa shape index (κ3) is 4.73. The standard InChI is InChI=1S/C26H30Cl2FN3O/c27-22-15-18(8-10-23(22)29)19-7-9-20-17-32(14-13-31(20)16-19)26(33)21-5-4-6-24(25(21)28)30-11-2-1-3-12-30/h4-6,8,10,15,19-20H,1-3,7,9,11-14,16-17H2. The Labute approximate surface area is 205 Å². The van der Waals surface area contributed by atoms with Gasteiger partial charge in [-0.15, -0.1) is 0 Å². The van der Waals surface area contributed by atoms with Crippen LogP contribution in [0, 0.1) is 5.82 Å². The highest BCUT2D eigenvalue weighted by molar-refractivity contribution is 6.36. The number of nitrogens with zero attached hydrogens (tertiary/aromatic N) is 3. The molecule has 3 aliphatic heterocycles. The van der Waals surface area contributed by atoms with Crippen molar-refractivity contribution in [3.05, 3.63) is 63.4 Å². The van der Waals surface area contributed by atoms with Gasteiger partial charge in [0.2, 0.25) is 0 Å². The fourth-order valence-corrected chi connectivity index (χ4v) is 6.15. The van der Waals surface area contributed by atoms with Crippen LogP contribution in [0.5, 0.6) is 0 Å². The maximum Gasteiger partial charge on any atom is 0.255 e. The lowest BCUT2D eigenvalue weighted by molar-refractivity contribution is 0.0329. The molecule has 3 saturated heterocycles. The zero-order chi connectivity index (χ0) is 22.9. The molecule has 0 spiro atoms. The Balaban J connectivity index is 1.25. The van der Waals surface area contributed by atoms with Gasteiger partial charge in [0.15, 0.2) is 0 Å². The average Bonchev–Trinajstić information content (AvgIpc) is 2.85. The maximum atomic E-state index is 13.6. The predicted octanol–water partition coefficient (Wildman–Crippen LogP) is 5.83. The van der Waals surface area contributed by atoms with Crippen molar-refractivity contribution in [2.75, 3.05) is 44.2 Å². The van der Waals surface area contributed by atoms with E-state index in [-0.39, 0.29) is 16.7 Å². The maximum absolute atomic E-state index is 13.6. The molecule has 3 fully saturated rings. The van der Waals surface area contributed by atoms with Crippen LogP contribution in [0.3, 0.4) is 0 Å². The highest BCUT2D eigenvalue weighted by Gasteiger charge is 2.35. The van der Waals surface area contributed by atoms with Gasteiger partial charge in [-0.3, -0.25) is 9.69 Å².